The van der Waals surface area contributed by atoms with Crippen LogP contribution in [-0.2, 0) is 4.79 Å². The summed E-state index contributed by atoms with van der Waals surface area (Å²) in [4.78, 5) is 14.5. The van der Waals surface area contributed by atoms with E-state index in [9.17, 15) is 4.79 Å². The van der Waals surface area contributed by atoms with E-state index in [0.717, 1.165) is 26.2 Å². The lowest BCUT2D eigenvalue weighted by atomic mass is 9.78. The summed E-state index contributed by atoms with van der Waals surface area (Å²) in [5.74, 6) is 0.239. The van der Waals surface area contributed by atoms with Gasteiger partial charge in [0.15, 0.2) is 0 Å². The topological polar surface area (TPSA) is 44.4 Å². The summed E-state index contributed by atoms with van der Waals surface area (Å²) < 4.78 is 0. The number of likely N-dealkylation sites (tertiary alicyclic amines) is 1. The normalized spacial score (nSPS) is 27.8. The molecule has 0 aromatic carbocycles. The van der Waals surface area contributed by atoms with Crippen molar-refractivity contribution in [3.63, 3.8) is 0 Å². The first kappa shape index (κ1) is 15.1. The molecule has 3 fully saturated rings. The van der Waals surface area contributed by atoms with Crippen molar-refractivity contribution in [3.05, 3.63) is 0 Å². The van der Waals surface area contributed by atoms with Gasteiger partial charge in [-0.25, -0.2) is 0 Å². The van der Waals surface area contributed by atoms with Gasteiger partial charge < -0.3 is 10.6 Å². The third-order valence-corrected chi connectivity index (χ3v) is 4.98. The van der Waals surface area contributed by atoms with E-state index in [1.165, 1.54) is 32.1 Å². The van der Waals surface area contributed by atoms with E-state index in [-0.39, 0.29) is 24.4 Å². The molecule has 2 heterocycles. The number of rotatable bonds is 3. The Morgan fingerprint density at radius 3 is 2.63 bits per heavy atom. The predicted octanol–water partition coefficient (Wildman–Crippen LogP) is 1.15. The molecule has 3 aliphatic rings. The molecule has 1 saturated carbocycles. The minimum Gasteiger partial charge on any atom is -0.352 e. The van der Waals surface area contributed by atoms with E-state index in [0.29, 0.717) is 11.5 Å². The average molecular weight is 288 g/mol. The van der Waals surface area contributed by atoms with E-state index in [1.807, 2.05) is 0 Å². The number of carbonyl (C=O) groups is 1. The molecular weight excluding hydrogens is 262 g/mol. The number of nitrogens with one attached hydrogen (secondary N) is 2. The maximum absolute atomic E-state index is 12.1. The quantitative estimate of drug-likeness (QED) is 0.818. The molecule has 2 N–H and O–H groups in total. The second-order valence-corrected chi connectivity index (χ2v) is 6.43. The van der Waals surface area contributed by atoms with Crippen LogP contribution >= 0.6 is 12.4 Å². The molecule has 2 saturated heterocycles. The fourth-order valence-corrected chi connectivity index (χ4v) is 3.38. The van der Waals surface area contributed by atoms with E-state index in [1.54, 1.807) is 0 Å². The van der Waals surface area contributed by atoms with Crippen molar-refractivity contribution >= 4 is 18.3 Å². The van der Waals surface area contributed by atoms with Crippen LogP contribution < -0.4 is 10.6 Å². The molecular formula is C14H26ClN3O. The van der Waals surface area contributed by atoms with Gasteiger partial charge in [0, 0.05) is 12.6 Å². The number of piperidine rings is 1. The van der Waals surface area contributed by atoms with Crippen LogP contribution in [0, 0.1) is 5.41 Å². The largest absolute Gasteiger partial charge is 0.352 e. The van der Waals surface area contributed by atoms with Gasteiger partial charge in [-0.15, -0.1) is 12.4 Å². The van der Waals surface area contributed by atoms with Crippen LogP contribution in [0.5, 0.6) is 0 Å². The zero-order valence-corrected chi connectivity index (χ0v) is 12.6. The zero-order valence-electron chi connectivity index (χ0n) is 11.8. The first-order chi connectivity index (χ1) is 8.69. The van der Waals surface area contributed by atoms with E-state index in [2.05, 4.69) is 22.5 Å². The number of carbonyl (C=O) groups excluding carboxylic acids is 1. The average Bonchev–Trinajstić information content (AvgIpc) is 3.11. The van der Waals surface area contributed by atoms with Gasteiger partial charge >= 0.3 is 0 Å². The van der Waals surface area contributed by atoms with Crippen LogP contribution in [0.25, 0.3) is 0 Å². The fraction of sp³-hybridized carbons (Fsp3) is 0.929. The van der Waals surface area contributed by atoms with Gasteiger partial charge in [-0.05, 0) is 64.1 Å². The molecule has 0 bridgehead atoms. The van der Waals surface area contributed by atoms with Gasteiger partial charge in [0.05, 0.1) is 6.04 Å². The van der Waals surface area contributed by atoms with Gasteiger partial charge in [0.1, 0.15) is 0 Å². The summed E-state index contributed by atoms with van der Waals surface area (Å²) in [5.41, 5.74) is 0.499. The minimum atomic E-state index is 0. The lowest BCUT2D eigenvalue weighted by molar-refractivity contribution is -0.125. The van der Waals surface area contributed by atoms with E-state index >= 15 is 0 Å². The molecule has 1 unspecified atom stereocenters. The Labute approximate surface area is 122 Å². The molecule has 5 heteroatoms. The molecule has 0 aromatic rings. The number of amides is 1. The Bertz CT molecular complexity index is 327. The van der Waals surface area contributed by atoms with Crippen molar-refractivity contribution < 1.29 is 4.79 Å². The Kier molecular flexibility index (Phi) is 4.75. The monoisotopic (exact) mass is 287 g/mol. The lowest BCUT2D eigenvalue weighted by Gasteiger charge is -2.34. The van der Waals surface area contributed by atoms with Gasteiger partial charge in [0.2, 0.25) is 5.91 Å². The van der Waals surface area contributed by atoms with Crippen molar-refractivity contribution in [2.45, 2.75) is 51.1 Å². The standard InChI is InChI=1S/C14H25N3O.ClH/c1-11(13(18)16-12-2-3-12)17-9-6-14(10-17)4-7-15-8-5-14;/h11-12,15H,2-10H2,1H3,(H,16,18);1H. The molecule has 1 atom stereocenters. The molecule has 1 spiro atoms. The molecule has 0 aromatic heterocycles. The number of hydrogen-bond acceptors (Lipinski definition) is 3. The summed E-state index contributed by atoms with van der Waals surface area (Å²) >= 11 is 0. The second-order valence-electron chi connectivity index (χ2n) is 6.43. The highest BCUT2D eigenvalue weighted by atomic mass is 35.5. The Morgan fingerprint density at radius 2 is 2.00 bits per heavy atom. The third kappa shape index (κ3) is 3.41. The lowest BCUT2D eigenvalue weighted by Crippen LogP contribution is -2.46. The molecule has 1 aliphatic carbocycles. The predicted molar refractivity (Wildman–Crippen MR) is 78.6 cm³/mol. The van der Waals surface area contributed by atoms with Crippen molar-refractivity contribution in [2.75, 3.05) is 26.2 Å². The summed E-state index contributed by atoms with van der Waals surface area (Å²) in [6.07, 6.45) is 6.18. The molecule has 4 nitrogen and oxygen atoms in total. The van der Waals surface area contributed by atoms with Crippen molar-refractivity contribution in [3.8, 4) is 0 Å². The summed E-state index contributed by atoms with van der Waals surface area (Å²) in [6.45, 7) is 6.58. The summed E-state index contributed by atoms with van der Waals surface area (Å²) in [5, 5.41) is 6.57. The molecule has 3 rings (SSSR count). The maximum atomic E-state index is 12.1. The van der Waals surface area contributed by atoms with Crippen LogP contribution in [0.3, 0.4) is 0 Å². The fourth-order valence-electron chi connectivity index (χ4n) is 3.38. The summed E-state index contributed by atoms with van der Waals surface area (Å²) in [7, 11) is 0. The minimum absolute atomic E-state index is 0. The zero-order chi connectivity index (χ0) is 12.6. The van der Waals surface area contributed by atoms with Crippen molar-refractivity contribution in [1.82, 2.24) is 15.5 Å². The van der Waals surface area contributed by atoms with Gasteiger partial charge in [-0.2, -0.15) is 0 Å². The first-order valence-corrected chi connectivity index (χ1v) is 7.44. The maximum Gasteiger partial charge on any atom is 0.237 e. The highest BCUT2D eigenvalue weighted by molar-refractivity contribution is 5.85. The molecule has 19 heavy (non-hydrogen) atoms. The number of halogens is 1. The smallest absolute Gasteiger partial charge is 0.237 e. The molecule has 1 amide bonds. The third-order valence-electron chi connectivity index (χ3n) is 4.98. The van der Waals surface area contributed by atoms with Crippen LogP contribution in [-0.4, -0.2) is 49.1 Å². The van der Waals surface area contributed by atoms with Crippen LogP contribution in [0.2, 0.25) is 0 Å². The Hall–Kier alpha value is -0.320. The first-order valence-electron chi connectivity index (χ1n) is 7.44. The van der Waals surface area contributed by atoms with Gasteiger partial charge in [-0.3, -0.25) is 9.69 Å². The number of nitrogens with zero attached hydrogens (tertiary/aromatic N) is 1. The van der Waals surface area contributed by atoms with Crippen molar-refractivity contribution in [2.24, 2.45) is 5.41 Å². The van der Waals surface area contributed by atoms with E-state index in [4.69, 9.17) is 0 Å². The van der Waals surface area contributed by atoms with E-state index < -0.39 is 0 Å². The Morgan fingerprint density at radius 1 is 1.32 bits per heavy atom. The second kappa shape index (κ2) is 5.98. The van der Waals surface area contributed by atoms with Gasteiger partial charge in [-0.1, -0.05) is 0 Å². The van der Waals surface area contributed by atoms with Gasteiger partial charge in [0.25, 0.3) is 0 Å². The van der Waals surface area contributed by atoms with Crippen LogP contribution in [0.1, 0.15) is 39.0 Å². The van der Waals surface area contributed by atoms with Crippen LogP contribution in [0.4, 0.5) is 0 Å². The Balaban J connectivity index is 0.00000133. The SMILES string of the molecule is CC(C(=O)NC1CC1)N1CCC2(CCNCC2)C1.Cl. The summed E-state index contributed by atoms with van der Waals surface area (Å²) in [6, 6.07) is 0.537. The molecule has 110 valence electrons. The molecule has 2 aliphatic heterocycles. The number of hydrogen-bond donors (Lipinski definition) is 2. The molecule has 0 radical (unpaired) electrons. The van der Waals surface area contributed by atoms with Crippen molar-refractivity contribution in [1.29, 1.82) is 0 Å². The highest BCUT2D eigenvalue weighted by Crippen LogP contribution is 2.39. The highest BCUT2D eigenvalue weighted by Gasteiger charge is 2.41. The van der Waals surface area contributed by atoms with Crippen LogP contribution in [0.15, 0.2) is 0 Å².